The summed E-state index contributed by atoms with van der Waals surface area (Å²) in [6.07, 6.45) is 1.66. The van der Waals surface area contributed by atoms with Gasteiger partial charge in [0.2, 0.25) is 0 Å². The molecule has 0 aromatic rings. The summed E-state index contributed by atoms with van der Waals surface area (Å²) >= 11 is 0. The van der Waals surface area contributed by atoms with Crippen LogP contribution >= 0.6 is 0 Å². The van der Waals surface area contributed by atoms with Gasteiger partial charge in [-0.05, 0) is 32.9 Å². The van der Waals surface area contributed by atoms with Crippen LogP contribution in [0.4, 0.5) is 0 Å². The molecule has 0 bridgehead atoms. The minimum absolute atomic E-state index is 0.317. The molecular weight excluding hydrogens is 242 g/mol. The second-order valence-electron chi connectivity index (χ2n) is 4.93. The number of nitrogens with one attached hydrogen (secondary N) is 2. The average Bonchev–Trinajstić information content (AvgIpc) is 2.30. The average molecular weight is 263 g/mol. The molecule has 2 heterocycles. The van der Waals surface area contributed by atoms with Crippen LogP contribution in [0.15, 0.2) is 0 Å². The standard InChI is InChI=1S/C10H21N3O3S/c1-10(2-4-11-5-3-10)12-17(14,15)13-6-8-16-9-7-13/h11-12H,2-9H2,1H3. The molecule has 0 aromatic heterocycles. The Morgan fingerprint density at radius 3 is 2.41 bits per heavy atom. The van der Waals surface area contributed by atoms with Gasteiger partial charge in [-0.25, -0.2) is 0 Å². The topological polar surface area (TPSA) is 70.7 Å². The molecule has 0 spiro atoms. The lowest BCUT2D eigenvalue weighted by molar-refractivity contribution is 0.0717. The van der Waals surface area contributed by atoms with Crippen LogP contribution in [-0.2, 0) is 14.9 Å². The molecule has 2 fully saturated rings. The number of morpholine rings is 1. The minimum Gasteiger partial charge on any atom is -0.379 e. The monoisotopic (exact) mass is 263 g/mol. The quantitative estimate of drug-likeness (QED) is 0.706. The molecule has 6 nitrogen and oxygen atoms in total. The molecule has 0 radical (unpaired) electrons. The van der Waals surface area contributed by atoms with Crippen LogP contribution in [0.25, 0.3) is 0 Å². The van der Waals surface area contributed by atoms with Crippen LogP contribution in [0.5, 0.6) is 0 Å². The Balaban J connectivity index is 2.00. The third kappa shape index (κ3) is 3.38. The summed E-state index contributed by atoms with van der Waals surface area (Å²) in [5.41, 5.74) is -0.317. The Kier molecular flexibility index (Phi) is 4.04. The van der Waals surface area contributed by atoms with E-state index < -0.39 is 10.2 Å². The Bertz CT molecular complexity index is 346. The minimum atomic E-state index is -3.37. The summed E-state index contributed by atoms with van der Waals surface area (Å²) in [7, 11) is -3.37. The fourth-order valence-electron chi connectivity index (χ4n) is 2.24. The highest BCUT2D eigenvalue weighted by Crippen LogP contribution is 2.19. The van der Waals surface area contributed by atoms with E-state index in [9.17, 15) is 8.42 Å². The summed E-state index contributed by atoms with van der Waals surface area (Å²) < 4.78 is 33.9. The Labute approximate surface area is 103 Å². The van der Waals surface area contributed by atoms with Crippen LogP contribution in [-0.4, -0.2) is 57.7 Å². The highest BCUT2D eigenvalue weighted by atomic mass is 32.2. The van der Waals surface area contributed by atoms with E-state index >= 15 is 0 Å². The second-order valence-corrected chi connectivity index (χ2v) is 6.60. The van der Waals surface area contributed by atoms with Crippen molar-refractivity contribution in [2.45, 2.75) is 25.3 Å². The van der Waals surface area contributed by atoms with Crippen LogP contribution in [0.3, 0.4) is 0 Å². The first-order valence-corrected chi connectivity index (χ1v) is 7.53. The predicted molar refractivity (Wildman–Crippen MR) is 65.0 cm³/mol. The molecule has 2 aliphatic rings. The SMILES string of the molecule is CC1(NS(=O)(=O)N2CCOCC2)CCNCC1. The third-order valence-corrected chi connectivity index (χ3v) is 5.19. The normalized spacial score (nSPS) is 26.9. The van der Waals surface area contributed by atoms with Crippen molar-refractivity contribution >= 4 is 10.2 Å². The molecule has 0 unspecified atom stereocenters. The maximum Gasteiger partial charge on any atom is 0.280 e. The zero-order valence-corrected chi connectivity index (χ0v) is 11.1. The first-order valence-electron chi connectivity index (χ1n) is 6.09. The van der Waals surface area contributed by atoms with Gasteiger partial charge in [-0.15, -0.1) is 0 Å². The molecule has 100 valence electrons. The van der Waals surface area contributed by atoms with Gasteiger partial charge in [-0.3, -0.25) is 0 Å². The van der Waals surface area contributed by atoms with E-state index in [1.165, 1.54) is 4.31 Å². The molecule has 7 heteroatoms. The van der Waals surface area contributed by atoms with Crippen molar-refractivity contribution < 1.29 is 13.2 Å². The fourth-order valence-corrected chi connectivity index (χ4v) is 3.83. The molecule has 0 amide bonds. The number of rotatable bonds is 3. The van der Waals surface area contributed by atoms with E-state index in [1.807, 2.05) is 6.92 Å². The van der Waals surface area contributed by atoms with E-state index in [0.717, 1.165) is 25.9 Å². The van der Waals surface area contributed by atoms with Crippen molar-refractivity contribution in [3.05, 3.63) is 0 Å². The predicted octanol–water partition coefficient (Wildman–Crippen LogP) is -0.705. The molecule has 17 heavy (non-hydrogen) atoms. The van der Waals surface area contributed by atoms with Gasteiger partial charge in [-0.2, -0.15) is 17.4 Å². The molecule has 0 saturated carbocycles. The fraction of sp³-hybridized carbons (Fsp3) is 1.00. The lowest BCUT2D eigenvalue weighted by atomic mass is 9.92. The van der Waals surface area contributed by atoms with Crippen molar-refractivity contribution in [3.63, 3.8) is 0 Å². The lowest BCUT2D eigenvalue weighted by Gasteiger charge is -2.37. The van der Waals surface area contributed by atoms with E-state index in [0.29, 0.717) is 26.3 Å². The molecule has 0 aliphatic carbocycles. The number of piperidine rings is 1. The van der Waals surface area contributed by atoms with E-state index in [2.05, 4.69) is 10.0 Å². The van der Waals surface area contributed by atoms with Gasteiger partial charge < -0.3 is 10.1 Å². The Morgan fingerprint density at radius 2 is 1.82 bits per heavy atom. The first kappa shape index (κ1) is 13.2. The zero-order valence-electron chi connectivity index (χ0n) is 10.2. The highest BCUT2D eigenvalue weighted by Gasteiger charge is 2.34. The molecule has 2 aliphatic heterocycles. The lowest BCUT2D eigenvalue weighted by Crippen LogP contribution is -2.57. The molecule has 0 atom stereocenters. The van der Waals surface area contributed by atoms with Crippen LogP contribution in [0, 0.1) is 0 Å². The molecule has 2 rings (SSSR count). The molecule has 0 aromatic carbocycles. The van der Waals surface area contributed by atoms with Crippen LogP contribution in [0.2, 0.25) is 0 Å². The van der Waals surface area contributed by atoms with Crippen molar-refractivity contribution in [1.29, 1.82) is 0 Å². The molecule has 2 saturated heterocycles. The number of hydrogen-bond acceptors (Lipinski definition) is 4. The maximum atomic E-state index is 12.2. The van der Waals surface area contributed by atoms with E-state index in [-0.39, 0.29) is 5.54 Å². The summed E-state index contributed by atoms with van der Waals surface area (Å²) in [5, 5.41) is 3.24. The van der Waals surface area contributed by atoms with Gasteiger partial charge >= 0.3 is 0 Å². The van der Waals surface area contributed by atoms with Crippen molar-refractivity contribution in [2.75, 3.05) is 39.4 Å². The summed E-state index contributed by atoms with van der Waals surface area (Å²) in [5.74, 6) is 0. The van der Waals surface area contributed by atoms with Crippen LogP contribution < -0.4 is 10.0 Å². The largest absolute Gasteiger partial charge is 0.379 e. The molecule has 2 N–H and O–H groups in total. The third-order valence-electron chi connectivity index (χ3n) is 3.39. The Hall–Kier alpha value is -0.210. The number of nitrogens with zero attached hydrogens (tertiary/aromatic N) is 1. The van der Waals surface area contributed by atoms with Gasteiger partial charge in [-0.1, -0.05) is 0 Å². The number of hydrogen-bond donors (Lipinski definition) is 2. The first-order chi connectivity index (χ1) is 8.02. The summed E-state index contributed by atoms with van der Waals surface area (Å²) in [4.78, 5) is 0. The molecular formula is C10H21N3O3S. The summed E-state index contributed by atoms with van der Waals surface area (Å²) in [6.45, 7) is 5.57. The van der Waals surface area contributed by atoms with Crippen molar-refractivity contribution in [3.8, 4) is 0 Å². The maximum absolute atomic E-state index is 12.2. The van der Waals surface area contributed by atoms with Gasteiger partial charge in [0.05, 0.1) is 13.2 Å². The Morgan fingerprint density at radius 1 is 1.24 bits per heavy atom. The van der Waals surface area contributed by atoms with Crippen molar-refractivity contribution in [2.24, 2.45) is 0 Å². The van der Waals surface area contributed by atoms with Gasteiger partial charge in [0.1, 0.15) is 0 Å². The number of ether oxygens (including phenoxy) is 1. The van der Waals surface area contributed by atoms with E-state index in [1.54, 1.807) is 0 Å². The zero-order chi connectivity index (χ0) is 12.4. The van der Waals surface area contributed by atoms with E-state index in [4.69, 9.17) is 4.74 Å². The smallest absolute Gasteiger partial charge is 0.280 e. The van der Waals surface area contributed by atoms with Gasteiger partial charge in [0, 0.05) is 18.6 Å². The van der Waals surface area contributed by atoms with Gasteiger partial charge in [0.25, 0.3) is 10.2 Å². The highest BCUT2D eigenvalue weighted by molar-refractivity contribution is 7.87. The van der Waals surface area contributed by atoms with Gasteiger partial charge in [0.15, 0.2) is 0 Å². The summed E-state index contributed by atoms with van der Waals surface area (Å²) in [6, 6.07) is 0. The van der Waals surface area contributed by atoms with Crippen LogP contribution in [0.1, 0.15) is 19.8 Å². The van der Waals surface area contributed by atoms with Crippen molar-refractivity contribution in [1.82, 2.24) is 14.3 Å². The second kappa shape index (κ2) is 5.19.